The first-order valence-corrected chi connectivity index (χ1v) is 4.13. The highest BCUT2D eigenvalue weighted by Crippen LogP contribution is 2.17. The summed E-state index contributed by atoms with van der Waals surface area (Å²) in [4.78, 5) is 10.8. The van der Waals surface area contributed by atoms with Gasteiger partial charge in [0.2, 0.25) is 0 Å². The third-order valence-corrected chi connectivity index (χ3v) is 1.83. The normalized spacial score (nSPS) is 17.2. The highest BCUT2D eigenvalue weighted by atomic mass is 16.5. The van der Waals surface area contributed by atoms with Crippen LogP contribution in [0, 0.1) is 0 Å². The van der Waals surface area contributed by atoms with Crippen molar-refractivity contribution >= 4 is 5.78 Å². The van der Waals surface area contributed by atoms with Gasteiger partial charge in [0.1, 0.15) is 0 Å². The number of ketones is 1. The third kappa shape index (κ3) is 2.85. The van der Waals surface area contributed by atoms with Crippen molar-refractivity contribution in [3.05, 3.63) is 11.6 Å². The van der Waals surface area contributed by atoms with Crippen LogP contribution in [0.15, 0.2) is 11.6 Å². The molecule has 0 heterocycles. The van der Waals surface area contributed by atoms with E-state index in [1.165, 1.54) is 5.57 Å². The second-order valence-corrected chi connectivity index (χ2v) is 2.72. The van der Waals surface area contributed by atoms with E-state index in [1.807, 2.05) is 6.92 Å². The van der Waals surface area contributed by atoms with E-state index in [4.69, 9.17) is 4.74 Å². The summed E-state index contributed by atoms with van der Waals surface area (Å²) in [6.07, 6.45) is 4.35. The van der Waals surface area contributed by atoms with E-state index < -0.39 is 0 Å². The molecule has 1 aliphatic carbocycles. The van der Waals surface area contributed by atoms with Gasteiger partial charge in [-0.1, -0.05) is 5.57 Å². The fourth-order valence-corrected chi connectivity index (χ4v) is 1.20. The number of carbonyl (C=O) groups is 1. The average Bonchev–Trinajstić information content (AvgIpc) is 2.37. The summed E-state index contributed by atoms with van der Waals surface area (Å²) in [5.74, 6) is 0.275. The smallest absolute Gasteiger partial charge is 0.155 e. The first-order valence-electron chi connectivity index (χ1n) is 4.13. The number of hydrogen-bond donors (Lipinski definition) is 0. The second-order valence-electron chi connectivity index (χ2n) is 2.72. The lowest BCUT2D eigenvalue weighted by molar-refractivity contribution is -0.114. The van der Waals surface area contributed by atoms with Gasteiger partial charge in [0.25, 0.3) is 0 Å². The van der Waals surface area contributed by atoms with Crippen LogP contribution in [0.4, 0.5) is 0 Å². The molecule has 0 atom stereocenters. The molecule has 0 aromatic rings. The van der Waals surface area contributed by atoms with Crippen molar-refractivity contribution in [2.45, 2.75) is 26.2 Å². The van der Waals surface area contributed by atoms with Crippen molar-refractivity contribution in [1.82, 2.24) is 0 Å². The highest BCUT2D eigenvalue weighted by molar-refractivity contribution is 5.92. The third-order valence-electron chi connectivity index (χ3n) is 1.83. The van der Waals surface area contributed by atoms with Gasteiger partial charge in [0, 0.05) is 13.0 Å². The molecule has 0 amide bonds. The minimum absolute atomic E-state index is 0.275. The predicted octanol–water partition coefficient (Wildman–Crippen LogP) is 1.70. The van der Waals surface area contributed by atoms with E-state index in [-0.39, 0.29) is 5.78 Å². The van der Waals surface area contributed by atoms with Crippen molar-refractivity contribution in [2.75, 3.05) is 13.2 Å². The summed E-state index contributed by atoms with van der Waals surface area (Å²) in [7, 11) is 0. The molecule has 0 spiro atoms. The topological polar surface area (TPSA) is 26.3 Å². The molecule has 0 fully saturated rings. The minimum atomic E-state index is 0.275. The monoisotopic (exact) mass is 154 g/mol. The van der Waals surface area contributed by atoms with Crippen molar-refractivity contribution < 1.29 is 9.53 Å². The number of allylic oxidation sites excluding steroid dienone is 1. The molecule has 0 saturated carbocycles. The number of carbonyl (C=O) groups excluding carboxylic acids is 1. The molecule has 0 aliphatic heterocycles. The SMILES string of the molecule is CCOCCC1=CC(=O)CC1. The van der Waals surface area contributed by atoms with Crippen LogP contribution in [0.5, 0.6) is 0 Å². The molecular weight excluding hydrogens is 140 g/mol. The molecule has 62 valence electrons. The second kappa shape index (κ2) is 4.29. The van der Waals surface area contributed by atoms with Crippen LogP contribution in [-0.2, 0) is 9.53 Å². The van der Waals surface area contributed by atoms with Crippen LogP contribution in [0.3, 0.4) is 0 Å². The van der Waals surface area contributed by atoms with Crippen LogP contribution in [0.25, 0.3) is 0 Å². The number of hydrogen-bond acceptors (Lipinski definition) is 2. The van der Waals surface area contributed by atoms with Crippen molar-refractivity contribution in [3.8, 4) is 0 Å². The molecular formula is C9H14O2. The Balaban J connectivity index is 2.17. The summed E-state index contributed by atoms with van der Waals surface area (Å²) in [6, 6.07) is 0. The van der Waals surface area contributed by atoms with Crippen LogP contribution in [0.2, 0.25) is 0 Å². The maximum Gasteiger partial charge on any atom is 0.155 e. The molecule has 11 heavy (non-hydrogen) atoms. The molecule has 0 N–H and O–H groups in total. The molecule has 0 unspecified atom stereocenters. The fourth-order valence-electron chi connectivity index (χ4n) is 1.20. The van der Waals surface area contributed by atoms with E-state index in [0.717, 1.165) is 26.1 Å². The Morgan fingerprint density at radius 2 is 2.36 bits per heavy atom. The van der Waals surface area contributed by atoms with Crippen LogP contribution < -0.4 is 0 Å². The zero-order valence-electron chi connectivity index (χ0n) is 6.93. The van der Waals surface area contributed by atoms with Gasteiger partial charge in [-0.2, -0.15) is 0 Å². The highest BCUT2D eigenvalue weighted by Gasteiger charge is 2.10. The number of ether oxygens (including phenoxy) is 1. The Kier molecular flexibility index (Phi) is 3.30. The zero-order chi connectivity index (χ0) is 8.10. The standard InChI is InChI=1S/C9H14O2/c1-2-11-6-5-8-3-4-9(10)7-8/h7H,2-6H2,1H3. The first-order chi connectivity index (χ1) is 5.33. The van der Waals surface area contributed by atoms with Crippen LogP contribution in [0.1, 0.15) is 26.2 Å². The van der Waals surface area contributed by atoms with Crippen LogP contribution in [-0.4, -0.2) is 19.0 Å². The molecule has 2 nitrogen and oxygen atoms in total. The Bertz CT molecular complexity index is 170. The first kappa shape index (κ1) is 8.47. The Labute approximate surface area is 67.2 Å². The molecule has 0 aromatic heterocycles. The van der Waals surface area contributed by atoms with Crippen molar-refractivity contribution in [2.24, 2.45) is 0 Å². The van der Waals surface area contributed by atoms with Gasteiger partial charge in [-0.15, -0.1) is 0 Å². The summed E-state index contributed by atoms with van der Waals surface area (Å²) >= 11 is 0. The fraction of sp³-hybridized carbons (Fsp3) is 0.667. The van der Waals surface area contributed by atoms with Gasteiger partial charge < -0.3 is 4.74 Å². The van der Waals surface area contributed by atoms with E-state index in [1.54, 1.807) is 6.08 Å². The van der Waals surface area contributed by atoms with Gasteiger partial charge in [-0.25, -0.2) is 0 Å². The van der Waals surface area contributed by atoms with E-state index >= 15 is 0 Å². The Hall–Kier alpha value is -0.630. The van der Waals surface area contributed by atoms with Crippen molar-refractivity contribution in [3.63, 3.8) is 0 Å². The maximum absolute atomic E-state index is 10.8. The summed E-state index contributed by atoms with van der Waals surface area (Å²) in [6.45, 7) is 3.50. The molecule has 1 rings (SSSR count). The average molecular weight is 154 g/mol. The quantitative estimate of drug-likeness (QED) is 0.576. The number of rotatable bonds is 4. The Morgan fingerprint density at radius 1 is 1.55 bits per heavy atom. The lowest BCUT2D eigenvalue weighted by atomic mass is 10.2. The van der Waals surface area contributed by atoms with Crippen molar-refractivity contribution in [1.29, 1.82) is 0 Å². The summed E-state index contributed by atoms with van der Waals surface area (Å²) in [5, 5.41) is 0. The molecule has 0 saturated heterocycles. The lowest BCUT2D eigenvalue weighted by Crippen LogP contribution is -1.93. The van der Waals surface area contributed by atoms with E-state index in [0.29, 0.717) is 6.42 Å². The van der Waals surface area contributed by atoms with Gasteiger partial charge in [-0.05, 0) is 25.8 Å². The summed E-state index contributed by atoms with van der Waals surface area (Å²) < 4.78 is 5.18. The van der Waals surface area contributed by atoms with Crippen LogP contribution >= 0.6 is 0 Å². The molecule has 1 aliphatic rings. The molecule has 0 aromatic carbocycles. The largest absolute Gasteiger partial charge is 0.381 e. The maximum atomic E-state index is 10.8. The summed E-state index contributed by atoms with van der Waals surface area (Å²) in [5.41, 5.74) is 1.25. The van der Waals surface area contributed by atoms with E-state index in [2.05, 4.69) is 0 Å². The molecule has 2 heteroatoms. The van der Waals surface area contributed by atoms with Gasteiger partial charge in [0.15, 0.2) is 5.78 Å². The van der Waals surface area contributed by atoms with Gasteiger partial charge in [0.05, 0.1) is 6.61 Å². The zero-order valence-corrected chi connectivity index (χ0v) is 6.93. The van der Waals surface area contributed by atoms with E-state index in [9.17, 15) is 4.79 Å². The Morgan fingerprint density at radius 3 is 2.91 bits per heavy atom. The minimum Gasteiger partial charge on any atom is -0.381 e. The molecule has 0 bridgehead atoms. The van der Waals surface area contributed by atoms with Gasteiger partial charge in [-0.3, -0.25) is 4.79 Å². The predicted molar refractivity (Wildman–Crippen MR) is 43.4 cm³/mol. The van der Waals surface area contributed by atoms with Gasteiger partial charge >= 0.3 is 0 Å². The molecule has 0 radical (unpaired) electrons. The lowest BCUT2D eigenvalue weighted by Gasteiger charge is -2.00.